The second-order valence-corrected chi connectivity index (χ2v) is 4.59. The number of benzene rings is 2. The van der Waals surface area contributed by atoms with E-state index in [4.69, 9.17) is 4.74 Å². The molecule has 0 spiro atoms. The number of para-hydroxylation sites is 1. The third kappa shape index (κ3) is 3.50. The molecule has 0 radical (unpaired) electrons. The first kappa shape index (κ1) is 14.4. The zero-order valence-corrected chi connectivity index (χ0v) is 11.5. The molecule has 0 fully saturated rings. The summed E-state index contributed by atoms with van der Waals surface area (Å²) in [5.74, 6) is -0.158. The molecule has 20 heavy (non-hydrogen) atoms. The van der Waals surface area contributed by atoms with Gasteiger partial charge in [-0.3, -0.25) is 0 Å². The highest BCUT2D eigenvalue weighted by Gasteiger charge is 2.06. The summed E-state index contributed by atoms with van der Waals surface area (Å²) in [7, 11) is 1.68. The molecular weight excluding hydrogens is 254 g/mol. The molecule has 4 nitrogen and oxygen atoms in total. The van der Waals surface area contributed by atoms with Gasteiger partial charge in [0.2, 0.25) is 0 Å². The molecule has 0 bridgehead atoms. The summed E-state index contributed by atoms with van der Waals surface area (Å²) in [6.07, 6.45) is 0. The van der Waals surface area contributed by atoms with Gasteiger partial charge in [-0.2, -0.15) is 0 Å². The summed E-state index contributed by atoms with van der Waals surface area (Å²) >= 11 is 0. The second-order valence-electron chi connectivity index (χ2n) is 4.59. The summed E-state index contributed by atoms with van der Waals surface area (Å²) in [5, 5.41) is 22.4. The van der Waals surface area contributed by atoms with E-state index in [0.717, 1.165) is 11.1 Å². The molecule has 2 aromatic carbocycles. The Balaban J connectivity index is 1.98. The molecule has 0 aliphatic rings. The van der Waals surface area contributed by atoms with Crippen molar-refractivity contribution in [1.82, 2.24) is 5.32 Å². The third-order valence-corrected chi connectivity index (χ3v) is 3.15. The molecule has 0 amide bonds. The highest BCUT2D eigenvalue weighted by atomic mass is 16.5. The average Bonchev–Trinajstić information content (AvgIpc) is 2.45. The SMILES string of the molecule is COCc1ccccc1CNCc1cccc(O)c1O. The Labute approximate surface area is 118 Å². The van der Waals surface area contributed by atoms with Crippen molar-refractivity contribution in [2.24, 2.45) is 0 Å². The molecule has 0 aliphatic carbocycles. The maximum Gasteiger partial charge on any atom is 0.161 e. The fourth-order valence-corrected chi connectivity index (χ4v) is 2.08. The van der Waals surface area contributed by atoms with Crippen LogP contribution in [-0.2, 0) is 24.4 Å². The smallest absolute Gasteiger partial charge is 0.161 e. The fourth-order valence-electron chi connectivity index (χ4n) is 2.08. The van der Waals surface area contributed by atoms with E-state index in [0.29, 0.717) is 25.3 Å². The van der Waals surface area contributed by atoms with Crippen molar-refractivity contribution in [3.8, 4) is 11.5 Å². The van der Waals surface area contributed by atoms with Crippen LogP contribution in [0.5, 0.6) is 11.5 Å². The number of rotatable bonds is 6. The molecule has 0 aromatic heterocycles. The lowest BCUT2D eigenvalue weighted by Gasteiger charge is -2.11. The Morgan fingerprint density at radius 2 is 1.55 bits per heavy atom. The van der Waals surface area contributed by atoms with E-state index in [1.54, 1.807) is 19.2 Å². The van der Waals surface area contributed by atoms with Crippen LogP contribution in [0.3, 0.4) is 0 Å². The topological polar surface area (TPSA) is 61.7 Å². The van der Waals surface area contributed by atoms with Gasteiger partial charge < -0.3 is 20.3 Å². The molecule has 2 aromatic rings. The number of phenols is 2. The van der Waals surface area contributed by atoms with Crippen LogP contribution >= 0.6 is 0 Å². The van der Waals surface area contributed by atoms with E-state index >= 15 is 0 Å². The molecule has 0 aliphatic heterocycles. The maximum atomic E-state index is 9.72. The normalized spacial score (nSPS) is 10.7. The first-order valence-corrected chi connectivity index (χ1v) is 6.48. The number of hydrogen-bond acceptors (Lipinski definition) is 4. The van der Waals surface area contributed by atoms with E-state index in [2.05, 4.69) is 5.32 Å². The standard InChI is InChI=1S/C16H19NO3/c1-20-11-14-6-3-2-5-12(14)9-17-10-13-7-4-8-15(18)16(13)19/h2-8,17-19H,9-11H2,1H3. The quantitative estimate of drug-likeness (QED) is 0.708. The summed E-state index contributed by atoms with van der Waals surface area (Å²) < 4.78 is 5.17. The number of methoxy groups -OCH3 is 1. The molecule has 4 heteroatoms. The van der Waals surface area contributed by atoms with Crippen LogP contribution in [0.25, 0.3) is 0 Å². The van der Waals surface area contributed by atoms with Crippen molar-refractivity contribution < 1.29 is 14.9 Å². The molecule has 106 valence electrons. The maximum absolute atomic E-state index is 9.72. The van der Waals surface area contributed by atoms with E-state index in [-0.39, 0.29) is 11.5 Å². The zero-order valence-electron chi connectivity index (χ0n) is 11.5. The van der Waals surface area contributed by atoms with Crippen molar-refractivity contribution >= 4 is 0 Å². The molecular formula is C16H19NO3. The first-order chi connectivity index (χ1) is 9.72. The van der Waals surface area contributed by atoms with Gasteiger partial charge in [-0.15, -0.1) is 0 Å². The van der Waals surface area contributed by atoms with Gasteiger partial charge in [0.1, 0.15) is 0 Å². The van der Waals surface area contributed by atoms with Gasteiger partial charge in [-0.1, -0.05) is 36.4 Å². The Hall–Kier alpha value is -2.04. The summed E-state index contributed by atoms with van der Waals surface area (Å²) in [6.45, 7) is 1.74. The fraction of sp³-hybridized carbons (Fsp3) is 0.250. The van der Waals surface area contributed by atoms with Crippen LogP contribution in [-0.4, -0.2) is 17.3 Å². The van der Waals surface area contributed by atoms with Gasteiger partial charge in [0.25, 0.3) is 0 Å². The summed E-state index contributed by atoms with van der Waals surface area (Å²) in [5.41, 5.74) is 2.98. The van der Waals surface area contributed by atoms with E-state index in [9.17, 15) is 10.2 Å². The summed E-state index contributed by atoms with van der Waals surface area (Å²) in [6, 6.07) is 13.0. The number of ether oxygens (including phenoxy) is 1. The second kappa shape index (κ2) is 6.93. The number of phenolic OH excluding ortho intramolecular Hbond substituents is 2. The van der Waals surface area contributed by atoms with Crippen molar-refractivity contribution in [2.45, 2.75) is 19.7 Å². The van der Waals surface area contributed by atoms with Crippen LogP contribution in [0, 0.1) is 0 Å². The number of hydrogen-bond donors (Lipinski definition) is 3. The van der Waals surface area contributed by atoms with Crippen molar-refractivity contribution in [1.29, 1.82) is 0 Å². The number of aromatic hydroxyl groups is 2. The Morgan fingerprint density at radius 1 is 0.900 bits per heavy atom. The molecule has 0 unspecified atom stereocenters. The first-order valence-electron chi connectivity index (χ1n) is 6.48. The highest BCUT2D eigenvalue weighted by Crippen LogP contribution is 2.27. The predicted octanol–water partition coefficient (Wildman–Crippen LogP) is 2.53. The Morgan fingerprint density at radius 3 is 2.30 bits per heavy atom. The lowest BCUT2D eigenvalue weighted by atomic mass is 10.1. The van der Waals surface area contributed by atoms with E-state index in [1.165, 1.54) is 6.07 Å². The van der Waals surface area contributed by atoms with Crippen molar-refractivity contribution in [3.05, 3.63) is 59.2 Å². The molecule has 3 N–H and O–H groups in total. The van der Waals surface area contributed by atoms with Gasteiger partial charge >= 0.3 is 0 Å². The Kier molecular flexibility index (Phi) is 4.98. The van der Waals surface area contributed by atoms with Crippen molar-refractivity contribution in [3.63, 3.8) is 0 Å². The Bertz CT molecular complexity index is 569. The van der Waals surface area contributed by atoms with Gasteiger partial charge in [-0.05, 0) is 17.2 Å². The number of nitrogens with one attached hydrogen (secondary N) is 1. The van der Waals surface area contributed by atoms with Crippen LogP contribution in [0.15, 0.2) is 42.5 Å². The zero-order chi connectivity index (χ0) is 14.4. The lowest BCUT2D eigenvalue weighted by Crippen LogP contribution is -2.14. The minimum Gasteiger partial charge on any atom is -0.504 e. The average molecular weight is 273 g/mol. The molecule has 0 heterocycles. The van der Waals surface area contributed by atoms with E-state index < -0.39 is 0 Å². The minimum atomic E-state index is -0.0934. The highest BCUT2D eigenvalue weighted by molar-refractivity contribution is 5.44. The third-order valence-electron chi connectivity index (χ3n) is 3.15. The van der Waals surface area contributed by atoms with Crippen molar-refractivity contribution in [2.75, 3.05) is 7.11 Å². The molecule has 0 atom stereocenters. The van der Waals surface area contributed by atoms with Crippen LogP contribution in [0.2, 0.25) is 0 Å². The van der Waals surface area contributed by atoms with Crippen LogP contribution in [0.4, 0.5) is 0 Å². The molecule has 2 rings (SSSR count). The monoisotopic (exact) mass is 273 g/mol. The van der Waals surface area contributed by atoms with Gasteiger partial charge in [-0.25, -0.2) is 0 Å². The molecule has 0 saturated heterocycles. The van der Waals surface area contributed by atoms with Crippen LogP contribution in [0.1, 0.15) is 16.7 Å². The van der Waals surface area contributed by atoms with E-state index in [1.807, 2.05) is 24.3 Å². The van der Waals surface area contributed by atoms with Gasteiger partial charge in [0, 0.05) is 25.8 Å². The summed E-state index contributed by atoms with van der Waals surface area (Å²) in [4.78, 5) is 0. The molecule has 0 saturated carbocycles. The van der Waals surface area contributed by atoms with Crippen LogP contribution < -0.4 is 5.32 Å². The minimum absolute atomic E-state index is 0.0647. The lowest BCUT2D eigenvalue weighted by molar-refractivity contribution is 0.184. The van der Waals surface area contributed by atoms with Gasteiger partial charge in [0.15, 0.2) is 11.5 Å². The van der Waals surface area contributed by atoms with Gasteiger partial charge in [0.05, 0.1) is 6.61 Å². The predicted molar refractivity (Wildman–Crippen MR) is 77.5 cm³/mol. The largest absolute Gasteiger partial charge is 0.504 e.